The number of carboxylic acids is 1. The molecule has 0 aromatic heterocycles. The molecule has 1 rings (SSSR count). The SMILES string of the molecule is COC(=O)C(CCCCNC(=O)CCC(=O)O)NC(=O)CC(C)(C)OCCC(C)(C)OCCNC(=O)CCN1C(=O)C=CC1=O. The van der Waals surface area contributed by atoms with Gasteiger partial charge in [0, 0.05) is 44.6 Å². The summed E-state index contributed by atoms with van der Waals surface area (Å²) < 4.78 is 16.6. The Morgan fingerprint density at radius 2 is 1.42 bits per heavy atom. The van der Waals surface area contributed by atoms with Gasteiger partial charge in [0.1, 0.15) is 6.04 Å². The number of aliphatic carboxylic acids is 1. The maximum atomic E-state index is 12.7. The second kappa shape index (κ2) is 19.5. The first-order chi connectivity index (χ1) is 21.0. The Hall–Kier alpha value is -3.85. The molecule has 45 heavy (non-hydrogen) atoms. The Labute approximate surface area is 263 Å². The molecule has 254 valence electrons. The van der Waals surface area contributed by atoms with Crippen molar-refractivity contribution in [1.82, 2.24) is 20.9 Å². The summed E-state index contributed by atoms with van der Waals surface area (Å²) >= 11 is 0. The molecule has 0 saturated heterocycles. The van der Waals surface area contributed by atoms with E-state index < -0.39 is 46.9 Å². The summed E-state index contributed by atoms with van der Waals surface area (Å²) in [5.41, 5.74) is -1.43. The van der Waals surface area contributed by atoms with E-state index in [0.29, 0.717) is 32.2 Å². The van der Waals surface area contributed by atoms with Crippen LogP contribution in [0.25, 0.3) is 0 Å². The number of amides is 5. The van der Waals surface area contributed by atoms with Gasteiger partial charge < -0.3 is 35.3 Å². The fourth-order valence-electron chi connectivity index (χ4n) is 4.20. The highest BCUT2D eigenvalue weighted by molar-refractivity contribution is 6.13. The summed E-state index contributed by atoms with van der Waals surface area (Å²) in [5.74, 6) is -3.56. The van der Waals surface area contributed by atoms with Crippen molar-refractivity contribution in [2.45, 2.75) is 96.3 Å². The van der Waals surface area contributed by atoms with E-state index in [1.807, 2.05) is 13.8 Å². The van der Waals surface area contributed by atoms with Crippen LogP contribution in [0.1, 0.15) is 79.1 Å². The molecular weight excluding hydrogens is 592 g/mol. The van der Waals surface area contributed by atoms with Crippen LogP contribution in [0.5, 0.6) is 0 Å². The maximum Gasteiger partial charge on any atom is 0.328 e. The fraction of sp³-hybridized carbons (Fsp3) is 0.700. The normalized spacial score (nSPS) is 13.8. The predicted molar refractivity (Wildman–Crippen MR) is 160 cm³/mol. The number of nitrogens with zero attached hydrogens (tertiary/aromatic N) is 1. The first-order valence-electron chi connectivity index (χ1n) is 15.0. The summed E-state index contributed by atoms with van der Waals surface area (Å²) in [5, 5.41) is 16.6. The minimum atomic E-state index is -1.05. The third-order valence-electron chi connectivity index (χ3n) is 6.79. The third kappa shape index (κ3) is 17.3. The molecule has 5 amide bonds. The molecule has 15 heteroatoms. The van der Waals surface area contributed by atoms with Crippen molar-refractivity contribution in [2.24, 2.45) is 0 Å². The van der Waals surface area contributed by atoms with E-state index in [-0.39, 0.29) is 63.8 Å². The van der Waals surface area contributed by atoms with Crippen molar-refractivity contribution in [1.29, 1.82) is 0 Å². The van der Waals surface area contributed by atoms with Crippen LogP contribution < -0.4 is 16.0 Å². The first-order valence-corrected chi connectivity index (χ1v) is 15.0. The van der Waals surface area contributed by atoms with E-state index in [0.717, 1.165) is 4.90 Å². The van der Waals surface area contributed by atoms with Crippen molar-refractivity contribution in [3.05, 3.63) is 12.2 Å². The van der Waals surface area contributed by atoms with Gasteiger partial charge >= 0.3 is 11.9 Å². The lowest BCUT2D eigenvalue weighted by Gasteiger charge is -2.30. The Balaban J connectivity index is 2.32. The van der Waals surface area contributed by atoms with Gasteiger partial charge in [-0.15, -0.1) is 0 Å². The summed E-state index contributed by atoms with van der Waals surface area (Å²) in [6, 6.07) is -0.865. The molecule has 0 aromatic carbocycles. The molecule has 0 saturated carbocycles. The number of unbranched alkanes of at least 4 members (excludes halogenated alkanes) is 1. The Bertz CT molecular complexity index is 1070. The molecule has 1 unspecified atom stereocenters. The van der Waals surface area contributed by atoms with E-state index in [9.17, 15) is 33.6 Å². The smallest absolute Gasteiger partial charge is 0.328 e. The van der Waals surface area contributed by atoms with Crippen LogP contribution in [-0.4, -0.2) is 109 Å². The lowest BCUT2D eigenvalue weighted by Crippen LogP contribution is -2.44. The molecule has 0 aliphatic carbocycles. The lowest BCUT2D eigenvalue weighted by molar-refractivity contribution is -0.146. The van der Waals surface area contributed by atoms with Gasteiger partial charge in [0.25, 0.3) is 11.8 Å². The van der Waals surface area contributed by atoms with Gasteiger partial charge in [0.2, 0.25) is 17.7 Å². The van der Waals surface area contributed by atoms with Gasteiger partial charge in [-0.1, -0.05) is 0 Å². The molecule has 15 nitrogen and oxygen atoms in total. The first kappa shape index (κ1) is 39.2. The van der Waals surface area contributed by atoms with Crippen molar-refractivity contribution in [3.8, 4) is 0 Å². The third-order valence-corrected chi connectivity index (χ3v) is 6.79. The van der Waals surface area contributed by atoms with Crippen molar-refractivity contribution in [3.63, 3.8) is 0 Å². The van der Waals surface area contributed by atoms with Crippen LogP contribution in [0.4, 0.5) is 0 Å². The van der Waals surface area contributed by atoms with E-state index in [1.54, 1.807) is 13.8 Å². The van der Waals surface area contributed by atoms with Crippen LogP contribution in [0, 0.1) is 0 Å². The van der Waals surface area contributed by atoms with Gasteiger partial charge in [-0.2, -0.15) is 0 Å². The molecule has 0 aromatic rings. The van der Waals surface area contributed by atoms with Crippen LogP contribution in [0.15, 0.2) is 12.2 Å². The highest BCUT2D eigenvalue weighted by Gasteiger charge is 2.28. The van der Waals surface area contributed by atoms with Crippen molar-refractivity contribution < 1.29 is 52.9 Å². The minimum absolute atomic E-state index is 0.00332. The monoisotopic (exact) mass is 640 g/mol. The number of carbonyl (C=O) groups excluding carboxylic acids is 6. The largest absolute Gasteiger partial charge is 0.481 e. The summed E-state index contributed by atoms with van der Waals surface area (Å²) in [7, 11) is 1.23. The molecule has 1 aliphatic heterocycles. The number of rotatable bonds is 23. The quantitative estimate of drug-likeness (QED) is 0.0691. The number of hydrogen-bond acceptors (Lipinski definition) is 10. The van der Waals surface area contributed by atoms with E-state index in [2.05, 4.69) is 16.0 Å². The van der Waals surface area contributed by atoms with Gasteiger partial charge in [-0.05, 0) is 53.4 Å². The highest BCUT2D eigenvalue weighted by Crippen LogP contribution is 2.20. The number of nitrogens with one attached hydrogen (secondary N) is 3. The zero-order chi connectivity index (χ0) is 34.0. The van der Waals surface area contributed by atoms with Crippen molar-refractivity contribution in [2.75, 3.05) is 40.0 Å². The van der Waals surface area contributed by atoms with Crippen molar-refractivity contribution >= 4 is 41.5 Å². The highest BCUT2D eigenvalue weighted by atomic mass is 16.5. The zero-order valence-electron chi connectivity index (χ0n) is 26.9. The molecule has 1 aliphatic rings. The Morgan fingerprint density at radius 3 is 2.04 bits per heavy atom. The van der Waals surface area contributed by atoms with Crippen LogP contribution in [0.2, 0.25) is 0 Å². The fourth-order valence-corrected chi connectivity index (χ4v) is 4.20. The van der Waals surface area contributed by atoms with Crippen LogP contribution in [-0.2, 0) is 47.8 Å². The number of ether oxygens (including phenoxy) is 3. The number of carboxylic acid groups (broad SMARTS) is 1. The maximum absolute atomic E-state index is 12.7. The average molecular weight is 641 g/mol. The number of methoxy groups -OCH3 is 1. The van der Waals surface area contributed by atoms with E-state index >= 15 is 0 Å². The molecule has 0 fully saturated rings. The summed E-state index contributed by atoms with van der Waals surface area (Å²) in [6.07, 6.45) is 3.80. The number of carbonyl (C=O) groups is 7. The van der Waals surface area contributed by atoms with Gasteiger partial charge in [0.05, 0.1) is 44.4 Å². The minimum Gasteiger partial charge on any atom is -0.481 e. The average Bonchev–Trinajstić information content (AvgIpc) is 3.27. The van der Waals surface area contributed by atoms with Gasteiger partial charge in [0.15, 0.2) is 0 Å². The summed E-state index contributed by atoms with van der Waals surface area (Å²) in [6.45, 7) is 8.36. The number of esters is 1. The molecule has 0 spiro atoms. The zero-order valence-corrected chi connectivity index (χ0v) is 26.9. The Morgan fingerprint density at radius 1 is 0.822 bits per heavy atom. The second-order valence-corrected chi connectivity index (χ2v) is 11.8. The number of hydrogen-bond donors (Lipinski definition) is 4. The molecule has 1 heterocycles. The Kier molecular flexibility index (Phi) is 17.0. The van der Waals surface area contributed by atoms with Crippen LogP contribution >= 0.6 is 0 Å². The lowest BCUT2D eigenvalue weighted by atomic mass is 10.0. The standard InChI is InChI=1S/C30H48N4O11/c1-29(2,45-19-16-32-23(36)13-17-34-25(38)10-11-26(34)39)14-18-44-30(3,4)20-24(37)33-21(28(42)43-5)8-6-7-15-31-22(35)9-12-27(40)41/h10-11,21H,6-9,12-20H2,1-5H3,(H,31,35)(H,32,36)(H,33,37)(H,40,41). The van der Waals surface area contributed by atoms with Gasteiger partial charge in [-0.3, -0.25) is 33.7 Å². The molecular formula is C30H48N4O11. The van der Waals surface area contributed by atoms with E-state index in [1.165, 1.54) is 19.3 Å². The molecule has 0 bridgehead atoms. The topological polar surface area (TPSA) is 207 Å². The van der Waals surface area contributed by atoms with E-state index in [4.69, 9.17) is 19.3 Å². The molecule has 4 N–H and O–H groups in total. The van der Waals surface area contributed by atoms with Crippen LogP contribution in [0.3, 0.4) is 0 Å². The number of imide groups is 1. The molecule has 0 radical (unpaired) electrons. The second-order valence-electron chi connectivity index (χ2n) is 11.8. The predicted octanol–water partition coefficient (Wildman–Crippen LogP) is 0.597. The van der Waals surface area contributed by atoms with Gasteiger partial charge in [-0.25, -0.2) is 4.79 Å². The molecule has 1 atom stereocenters. The summed E-state index contributed by atoms with van der Waals surface area (Å²) in [4.78, 5) is 83.2.